The smallest absolute Gasteiger partial charge is 0.117 e. The van der Waals surface area contributed by atoms with Crippen LogP contribution in [-0.4, -0.2) is 11.1 Å². The predicted molar refractivity (Wildman–Crippen MR) is 63.1 cm³/mol. The standard InChI is InChI=1S/C13H19NO/c1-13(2)8-4-7-12(13)14-10-5-3-6-11(15)9-10/h3,5-6,9,12,14-15H,4,7-8H2,1-2H3. The van der Waals surface area contributed by atoms with Crippen LogP contribution < -0.4 is 5.32 Å². The van der Waals surface area contributed by atoms with Gasteiger partial charge in [-0.15, -0.1) is 0 Å². The molecule has 15 heavy (non-hydrogen) atoms. The molecule has 0 aliphatic heterocycles. The Kier molecular flexibility index (Phi) is 2.59. The summed E-state index contributed by atoms with van der Waals surface area (Å²) in [6.07, 6.45) is 3.80. The van der Waals surface area contributed by atoms with Crippen molar-refractivity contribution in [1.82, 2.24) is 0 Å². The van der Waals surface area contributed by atoms with Crippen molar-refractivity contribution in [3.8, 4) is 5.75 Å². The fraction of sp³-hybridized carbons (Fsp3) is 0.538. The highest BCUT2D eigenvalue weighted by atomic mass is 16.3. The van der Waals surface area contributed by atoms with Gasteiger partial charge in [-0.2, -0.15) is 0 Å². The Morgan fingerprint density at radius 1 is 1.40 bits per heavy atom. The Hall–Kier alpha value is -1.18. The molecular formula is C13H19NO. The van der Waals surface area contributed by atoms with Crippen LogP contribution in [0.5, 0.6) is 5.75 Å². The van der Waals surface area contributed by atoms with Gasteiger partial charge in [0, 0.05) is 17.8 Å². The molecule has 1 atom stereocenters. The lowest BCUT2D eigenvalue weighted by Gasteiger charge is -2.28. The molecule has 1 aliphatic rings. The van der Waals surface area contributed by atoms with E-state index >= 15 is 0 Å². The highest BCUT2D eigenvalue weighted by Crippen LogP contribution is 2.39. The van der Waals surface area contributed by atoms with E-state index in [1.54, 1.807) is 12.1 Å². The second kappa shape index (κ2) is 3.76. The van der Waals surface area contributed by atoms with E-state index < -0.39 is 0 Å². The van der Waals surface area contributed by atoms with Gasteiger partial charge in [0.1, 0.15) is 5.75 Å². The molecule has 1 unspecified atom stereocenters. The summed E-state index contributed by atoms with van der Waals surface area (Å²) in [5, 5.41) is 12.9. The maximum absolute atomic E-state index is 9.38. The summed E-state index contributed by atoms with van der Waals surface area (Å²) >= 11 is 0. The molecule has 2 nitrogen and oxygen atoms in total. The molecular weight excluding hydrogens is 186 g/mol. The number of benzene rings is 1. The fourth-order valence-corrected chi connectivity index (χ4v) is 2.39. The van der Waals surface area contributed by atoms with Crippen LogP contribution in [0.1, 0.15) is 33.1 Å². The molecule has 1 aliphatic carbocycles. The van der Waals surface area contributed by atoms with Crippen LogP contribution in [0.25, 0.3) is 0 Å². The van der Waals surface area contributed by atoms with Crippen LogP contribution in [0, 0.1) is 5.41 Å². The second-order valence-corrected chi connectivity index (χ2v) is 5.13. The van der Waals surface area contributed by atoms with E-state index in [0.29, 0.717) is 17.2 Å². The van der Waals surface area contributed by atoms with Gasteiger partial charge in [-0.25, -0.2) is 0 Å². The molecule has 2 heteroatoms. The van der Waals surface area contributed by atoms with E-state index in [2.05, 4.69) is 19.2 Å². The van der Waals surface area contributed by atoms with Crippen molar-refractivity contribution in [2.24, 2.45) is 5.41 Å². The number of hydrogen-bond donors (Lipinski definition) is 2. The van der Waals surface area contributed by atoms with Gasteiger partial charge in [-0.3, -0.25) is 0 Å². The summed E-state index contributed by atoms with van der Waals surface area (Å²) in [6.45, 7) is 4.61. The van der Waals surface area contributed by atoms with Gasteiger partial charge >= 0.3 is 0 Å². The van der Waals surface area contributed by atoms with Crippen molar-refractivity contribution in [2.45, 2.75) is 39.2 Å². The zero-order chi connectivity index (χ0) is 10.9. The molecule has 0 heterocycles. The maximum Gasteiger partial charge on any atom is 0.117 e. The second-order valence-electron chi connectivity index (χ2n) is 5.13. The van der Waals surface area contributed by atoms with E-state index in [0.717, 1.165) is 5.69 Å². The molecule has 1 saturated carbocycles. The molecule has 82 valence electrons. The largest absolute Gasteiger partial charge is 0.508 e. The lowest BCUT2D eigenvalue weighted by atomic mass is 9.87. The van der Waals surface area contributed by atoms with Crippen molar-refractivity contribution in [3.05, 3.63) is 24.3 Å². The molecule has 1 aromatic carbocycles. The Bertz CT molecular complexity index is 346. The topological polar surface area (TPSA) is 32.3 Å². The summed E-state index contributed by atoms with van der Waals surface area (Å²) < 4.78 is 0. The third-order valence-electron chi connectivity index (χ3n) is 3.44. The Balaban J connectivity index is 2.09. The fourth-order valence-electron chi connectivity index (χ4n) is 2.39. The quantitative estimate of drug-likeness (QED) is 0.775. The van der Waals surface area contributed by atoms with Gasteiger partial charge in [0.05, 0.1) is 0 Å². The van der Waals surface area contributed by atoms with Crippen molar-refractivity contribution in [3.63, 3.8) is 0 Å². The third kappa shape index (κ3) is 2.25. The molecule has 1 fully saturated rings. The summed E-state index contributed by atoms with van der Waals surface area (Å²) in [5.74, 6) is 0.329. The van der Waals surface area contributed by atoms with Crippen LogP contribution in [0.3, 0.4) is 0 Å². The average Bonchev–Trinajstić information content (AvgIpc) is 2.46. The van der Waals surface area contributed by atoms with Crippen LogP contribution in [-0.2, 0) is 0 Å². The first kappa shape index (κ1) is 10.3. The lowest BCUT2D eigenvalue weighted by molar-refractivity contribution is 0.350. The molecule has 0 aromatic heterocycles. The Morgan fingerprint density at radius 3 is 2.80 bits per heavy atom. The van der Waals surface area contributed by atoms with Gasteiger partial charge < -0.3 is 10.4 Å². The van der Waals surface area contributed by atoms with Gasteiger partial charge in [0.25, 0.3) is 0 Å². The molecule has 2 rings (SSSR count). The molecule has 0 bridgehead atoms. The van der Waals surface area contributed by atoms with Crippen molar-refractivity contribution < 1.29 is 5.11 Å². The number of aromatic hydroxyl groups is 1. The van der Waals surface area contributed by atoms with Gasteiger partial charge in [0.15, 0.2) is 0 Å². The number of hydrogen-bond acceptors (Lipinski definition) is 2. The molecule has 1 aromatic rings. The first-order valence-corrected chi connectivity index (χ1v) is 5.63. The summed E-state index contributed by atoms with van der Waals surface area (Å²) in [5.41, 5.74) is 1.39. The van der Waals surface area contributed by atoms with Crippen LogP contribution in [0.4, 0.5) is 5.69 Å². The minimum atomic E-state index is 0.329. The van der Waals surface area contributed by atoms with Gasteiger partial charge in [-0.05, 0) is 30.4 Å². The summed E-state index contributed by atoms with van der Waals surface area (Å²) in [4.78, 5) is 0. The lowest BCUT2D eigenvalue weighted by Crippen LogP contribution is -2.30. The zero-order valence-corrected chi connectivity index (χ0v) is 9.46. The van der Waals surface area contributed by atoms with E-state index in [1.165, 1.54) is 19.3 Å². The van der Waals surface area contributed by atoms with Crippen molar-refractivity contribution in [1.29, 1.82) is 0 Å². The molecule has 2 N–H and O–H groups in total. The number of phenols is 1. The predicted octanol–water partition coefficient (Wildman–Crippen LogP) is 3.38. The minimum absolute atomic E-state index is 0.329. The first-order valence-electron chi connectivity index (χ1n) is 5.63. The Morgan fingerprint density at radius 2 is 2.20 bits per heavy atom. The van der Waals surface area contributed by atoms with E-state index in [4.69, 9.17) is 0 Å². The van der Waals surface area contributed by atoms with Gasteiger partial charge in [0.2, 0.25) is 0 Å². The summed E-state index contributed by atoms with van der Waals surface area (Å²) in [6, 6.07) is 7.90. The molecule has 0 amide bonds. The maximum atomic E-state index is 9.38. The third-order valence-corrected chi connectivity index (χ3v) is 3.44. The molecule has 0 saturated heterocycles. The van der Waals surface area contributed by atoms with Crippen molar-refractivity contribution in [2.75, 3.05) is 5.32 Å². The number of rotatable bonds is 2. The monoisotopic (exact) mass is 205 g/mol. The minimum Gasteiger partial charge on any atom is -0.508 e. The average molecular weight is 205 g/mol. The van der Waals surface area contributed by atoms with Crippen molar-refractivity contribution >= 4 is 5.69 Å². The van der Waals surface area contributed by atoms with Crippen LogP contribution >= 0.6 is 0 Å². The van der Waals surface area contributed by atoms with E-state index in [9.17, 15) is 5.11 Å². The number of anilines is 1. The zero-order valence-electron chi connectivity index (χ0n) is 9.46. The van der Waals surface area contributed by atoms with E-state index in [-0.39, 0.29) is 0 Å². The number of phenolic OH excluding ortho intramolecular Hbond substituents is 1. The molecule has 0 radical (unpaired) electrons. The normalized spacial score (nSPS) is 24.0. The SMILES string of the molecule is CC1(C)CCCC1Nc1cccc(O)c1. The number of nitrogens with one attached hydrogen (secondary N) is 1. The summed E-state index contributed by atoms with van der Waals surface area (Å²) in [7, 11) is 0. The highest BCUT2D eigenvalue weighted by molar-refractivity contribution is 5.48. The van der Waals surface area contributed by atoms with E-state index in [1.807, 2.05) is 12.1 Å². The Labute approximate surface area is 91.3 Å². The molecule has 0 spiro atoms. The van der Waals surface area contributed by atoms with Crippen LogP contribution in [0.15, 0.2) is 24.3 Å². The first-order chi connectivity index (χ1) is 7.08. The van der Waals surface area contributed by atoms with Gasteiger partial charge in [-0.1, -0.05) is 26.3 Å². The van der Waals surface area contributed by atoms with Crippen LogP contribution in [0.2, 0.25) is 0 Å². The highest BCUT2D eigenvalue weighted by Gasteiger charge is 2.34.